The number of hydrogen-bond donors (Lipinski definition) is 7. The molecule has 6 aliphatic rings. The van der Waals surface area contributed by atoms with E-state index >= 15 is 0 Å². The van der Waals surface area contributed by atoms with Crippen LogP contribution in [-0.4, -0.2) is 211 Å². The normalized spacial score (nSPS) is 29.3. The zero-order chi connectivity index (χ0) is 90.3. The Balaban J connectivity index is 0.613. The van der Waals surface area contributed by atoms with Gasteiger partial charge in [-0.05, 0) is 20.3 Å². The number of nitrogen functional groups attached to an aromatic ring is 4. The second kappa shape index (κ2) is 37.5. The molecule has 0 spiro atoms. The number of imidazole rings is 4. The largest absolute Gasteiger partial charge is 0.780 e. The molecule has 0 bridgehead atoms. The smallest absolute Gasteiger partial charge is 0.330 e. The maximum atomic E-state index is 15.0. The van der Waals surface area contributed by atoms with Gasteiger partial charge in [0.05, 0.1) is 101 Å². The molecule has 11 N–H and O–H groups in total. The number of rotatable bonds is 35. The average molecular weight is 2000 g/mol. The van der Waals surface area contributed by atoms with Crippen LogP contribution < -0.4 is 75.5 Å². The van der Waals surface area contributed by atoms with Crippen molar-refractivity contribution in [1.29, 1.82) is 0 Å². The highest BCUT2D eigenvalue weighted by atomic mass is 32.7. The van der Waals surface area contributed by atoms with E-state index in [0.717, 1.165) is 16.2 Å². The maximum absolute atomic E-state index is 15.0. The van der Waals surface area contributed by atoms with Crippen molar-refractivity contribution in [3.63, 3.8) is 0 Å². The third kappa shape index (κ3) is 21.0. The van der Waals surface area contributed by atoms with Gasteiger partial charge in [0.1, 0.15) is 137 Å². The van der Waals surface area contributed by atoms with Gasteiger partial charge < -0.3 is 142 Å². The summed E-state index contributed by atoms with van der Waals surface area (Å²) in [5, 5.41) is 0. The molecule has 24 atom stereocenters. The van der Waals surface area contributed by atoms with E-state index in [1.165, 1.54) is 88.8 Å². The van der Waals surface area contributed by atoms with Gasteiger partial charge in [-0.1, -0.05) is 66.0 Å². The van der Waals surface area contributed by atoms with Crippen LogP contribution in [0.5, 0.6) is 0 Å². The van der Waals surface area contributed by atoms with Gasteiger partial charge in [-0.25, -0.2) is 59.4 Å². The summed E-state index contributed by atoms with van der Waals surface area (Å²) in [5.41, 5.74) is 21.9. The van der Waals surface area contributed by atoms with Crippen LogP contribution in [0.1, 0.15) is 100 Å². The molecule has 0 aliphatic carbocycles. The van der Waals surface area contributed by atoms with Gasteiger partial charge >= 0.3 is 11.4 Å². The number of fused-ring (bicyclic) bond motifs is 4. The monoisotopic (exact) mass is 2000 g/mol. The van der Waals surface area contributed by atoms with Crippen molar-refractivity contribution in [3.05, 3.63) is 120 Å². The van der Waals surface area contributed by atoms with Crippen LogP contribution in [0.3, 0.4) is 0 Å². The SMILES string of the molecule is CC[C@H]1O[C@@H](n2cnc3c(=O)[nH]c(N)nc32)C[C@H]1OP([O-])(=S)OC[C@H]1O[C@@H](n2cc(C)c(=O)[nH]c2=O)C[C@H]1OP(=O)([S-])OC[C@H]1O[C@@H](n2cnc3c(N)ncnc32)C[C@H]1OP([O-])(=S)OC[C@H]1O[C@@H](n2cnc3c(N)ncnc32)C[C@H]1OP([O-])(=S)OC[C@H]1O[C@@H](n2cnc3c(N)ncnc32)C[C@H]1OP([O-])(=S)OC[C@H]1O[C@@H](n2cc(C)c(=O)[nH]c2=O)C[C@H]1OP([O-])(=S)OC. The highest BCUT2D eigenvalue weighted by Gasteiger charge is 2.48. The number of nitrogens with one attached hydrogen (secondary N) is 3. The summed E-state index contributed by atoms with van der Waals surface area (Å²) in [6.45, 7) is -27.4. The van der Waals surface area contributed by atoms with Gasteiger partial charge in [-0.3, -0.25) is 61.3 Å². The maximum Gasteiger partial charge on any atom is 0.330 e. The number of aryl methyl sites for hydroxylation is 2. The van der Waals surface area contributed by atoms with Crippen molar-refractivity contribution >= 4 is 180 Å². The Labute approximate surface area is 743 Å². The van der Waals surface area contributed by atoms with Gasteiger partial charge in [-0.2, -0.15) is 4.98 Å². The number of H-pyrrole nitrogens is 3. The summed E-state index contributed by atoms with van der Waals surface area (Å²) in [6.07, 6.45) is -12.3. The Hall–Kier alpha value is -6.53. The standard InChI is InChI=1S/C62H80N24O29P6S6/c1-5-28-29(6-45(104-28)86-25-76-49-56(86)77-60(66)78-59(49)89)111-117(93,123)99-15-36-31(8-41(106-36)82-13-27(3)58(88)80-62(82)91)112-118(94,124)101-16-37-33(10-43(107-37)84-23-74-47-51(64)68-20-71-54(47)84)114-120(96,126)103-18-39-34(11-44(109-39)85-24-75-48-52(65)69-21-72-55(48)85)115-121(97,127)102-17-38-32(9-42(108-38)83-22-73-46-50(63)67-19-70-53(46)83)113-119(95,125)100-14-35-30(110-116(92,122)98-4)7-40(105-35)81-12-26(2)57(87)79-61(81)90/h12-13,19-25,28-45H,5-11,14-18H2,1-4H3,(H,92,122)(H,93,123)(H,94,124)(H,95,125)(H,96,126)(H,97,127)(H2,63,67,70)(H2,64,68,71)(H2,65,69,72)(H,79,87,90)(H,80,88,91)(H3,66,77,78,89)/p-6/t28-,29-,30-,31-,32-,33-,34-,35-,36-,37-,38-,39-,40-,41-,42-,43-,44-,45-,116?,117?,118?,119?,120?,121?/m1/s1. The molecule has 16 rings (SSSR count). The van der Waals surface area contributed by atoms with Crippen molar-refractivity contribution in [2.24, 2.45) is 0 Å². The predicted octanol–water partition coefficient (Wildman–Crippen LogP) is -1.56. The molecule has 127 heavy (non-hydrogen) atoms. The van der Waals surface area contributed by atoms with Crippen molar-refractivity contribution in [2.75, 3.05) is 63.1 Å². The molecule has 0 radical (unpaired) electrons. The molecule has 65 heteroatoms. The Morgan fingerprint density at radius 3 is 1.04 bits per heavy atom. The summed E-state index contributed by atoms with van der Waals surface area (Å²) < 4.78 is 131. The van der Waals surface area contributed by atoms with Crippen LogP contribution >= 0.6 is 40.4 Å². The molecular formula is C62H74N24O29P6S6-6. The van der Waals surface area contributed by atoms with E-state index in [1.807, 2.05) is 0 Å². The number of ether oxygens (including phenoxy) is 6. The summed E-state index contributed by atoms with van der Waals surface area (Å²) in [7, 11) is 1.04. The van der Waals surface area contributed by atoms with Gasteiger partial charge in [0.2, 0.25) is 5.95 Å². The van der Waals surface area contributed by atoms with E-state index in [0.29, 0.717) is 6.42 Å². The average Bonchev–Trinajstić information content (AvgIpc) is 1.64. The highest BCUT2D eigenvalue weighted by Crippen LogP contribution is 2.56. The third-order valence-corrected chi connectivity index (χ3v) is 30.6. The molecule has 6 unspecified atom stereocenters. The minimum absolute atomic E-state index is 0.00703. The quantitative estimate of drug-likeness (QED) is 0.0174. The van der Waals surface area contributed by atoms with E-state index in [9.17, 15) is 53.0 Å². The minimum Gasteiger partial charge on any atom is -0.780 e. The Morgan fingerprint density at radius 2 is 0.701 bits per heavy atom. The first kappa shape index (κ1) is 93.7. The van der Waals surface area contributed by atoms with Gasteiger partial charge in [-0.15, -0.1) is 0 Å². The van der Waals surface area contributed by atoms with Crippen molar-refractivity contribution < 1.29 is 112 Å². The molecule has 6 fully saturated rings. The van der Waals surface area contributed by atoms with Crippen LogP contribution in [0.25, 0.3) is 44.7 Å². The van der Waals surface area contributed by atoms with Crippen molar-refractivity contribution in [1.82, 2.24) is 97.2 Å². The van der Waals surface area contributed by atoms with Gasteiger partial charge in [0.15, 0.2) is 52.4 Å². The first-order valence-electron chi connectivity index (χ1n) is 38.0. The molecule has 0 saturated carbocycles. The van der Waals surface area contributed by atoms with E-state index in [4.69, 9.17) is 177 Å². The number of aromatic amines is 3. The Bertz CT molecular complexity index is 6470. The van der Waals surface area contributed by atoms with Crippen molar-refractivity contribution in [3.8, 4) is 0 Å². The number of aromatic nitrogens is 20. The summed E-state index contributed by atoms with van der Waals surface area (Å²) in [6, 6.07) is 0. The van der Waals surface area contributed by atoms with Crippen LogP contribution in [0, 0.1) is 13.8 Å². The minimum atomic E-state index is -4.91. The van der Waals surface area contributed by atoms with E-state index in [-0.39, 0.29) is 118 Å². The molecule has 16 heterocycles. The van der Waals surface area contributed by atoms with Gasteiger partial charge in [0, 0.05) is 69.2 Å². The first-order chi connectivity index (χ1) is 60.2. The summed E-state index contributed by atoms with van der Waals surface area (Å²) in [4.78, 5) is 189. The molecule has 10 aromatic heterocycles. The zero-order valence-electron chi connectivity index (χ0n) is 66.0. The van der Waals surface area contributed by atoms with Crippen LogP contribution in [0.2, 0.25) is 0 Å². The fourth-order valence-electron chi connectivity index (χ4n) is 15.0. The lowest BCUT2D eigenvalue weighted by molar-refractivity contribution is -0.221. The molecular weight excluding hydrogens is 1920 g/mol. The third-order valence-electron chi connectivity index (χ3n) is 21.0. The van der Waals surface area contributed by atoms with Crippen LogP contribution in [0.15, 0.2) is 80.7 Å². The lowest BCUT2D eigenvalue weighted by Crippen LogP contribution is -2.34. The topological polar surface area (TPSA) is 707 Å². The Kier molecular flexibility index (Phi) is 27.7. The molecule has 0 amide bonds. The molecule has 6 saturated heterocycles. The fourth-order valence-corrected chi connectivity index (χ4v) is 23.3. The van der Waals surface area contributed by atoms with E-state index < -0.39 is 212 Å². The fraction of sp³-hybridized carbons (Fsp3) is 0.548. The lowest BCUT2D eigenvalue weighted by Gasteiger charge is -2.36. The Morgan fingerprint density at radius 1 is 0.409 bits per heavy atom. The zero-order valence-corrected chi connectivity index (χ0v) is 76.2. The molecule has 10 aromatic rings. The number of anilines is 4. The summed E-state index contributed by atoms with van der Waals surface area (Å²) in [5.74, 6) is -0.189. The highest BCUT2D eigenvalue weighted by molar-refractivity contribution is 8.32. The number of hydrogen-bond acceptors (Lipinski definition) is 50. The second-order valence-electron chi connectivity index (χ2n) is 29.3. The first-order valence-corrected chi connectivity index (χ1v) is 53.3. The van der Waals surface area contributed by atoms with Crippen LogP contribution in [-0.2, 0) is 159 Å². The molecule has 0 aromatic carbocycles. The molecule has 688 valence electrons. The lowest BCUT2D eigenvalue weighted by atomic mass is 10.1. The van der Waals surface area contributed by atoms with E-state index in [2.05, 4.69) is 69.8 Å². The second-order valence-corrected chi connectivity index (χ2v) is 45.6. The predicted molar refractivity (Wildman–Crippen MR) is 448 cm³/mol. The molecule has 53 nitrogen and oxygen atoms in total. The molecule has 6 aliphatic heterocycles. The number of nitrogens with zero attached hydrogens (tertiary/aromatic N) is 17. The van der Waals surface area contributed by atoms with E-state index in [1.54, 1.807) is 6.92 Å². The van der Waals surface area contributed by atoms with Crippen molar-refractivity contribution in [2.45, 2.75) is 176 Å². The summed E-state index contributed by atoms with van der Waals surface area (Å²) >= 11 is 32.6. The van der Waals surface area contributed by atoms with Gasteiger partial charge in [0.25, 0.3) is 16.7 Å². The number of nitrogens with two attached hydrogens (primary N) is 4. The van der Waals surface area contributed by atoms with Crippen LogP contribution in [0.4, 0.5) is 23.4 Å².